The van der Waals surface area contributed by atoms with Gasteiger partial charge in [-0.2, -0.15) is 0 Å². The number of unbranched alkanes of at least 4 members (excludes halogenated alkanes) is 5. The standard InChI is InChI=1S/C19H34N2O5/c1-3-4-7-10-15(22)12-14-21-18(26)20-17(25)19(21,2)13-9-6-5-8-11-16(23)24/h15,22H,3-14H2,1-2H3,(H,23,24)(H,20,25,26). The summed E-state index contributed by atoms with van der Waals surface area (Å²) < 4.78 is 0. The number of carboxylic acids is 1. The van der Waals surface area contributed by atoms with Gasteiger partial charge in [0, 0.05) is 13.0 Å². The number of urea groups is 1. The van der Waals surface area contributed by atoms with Crippen LogP contribution in [0.25, 0.3) is 0 Å². The molecule has 0 bridgehead atoms. The molecule has 0 aromatic carbocycles. The molecule has 150 valence electrons. The average Bonchev–Trinajstić information content (AvgIpc) is 2.78. The zero-order chi connectivity index (χ0) is 19.6. The SMILES string of the molecule is CCCCCC(O)CCN1C(=O)NC(=O)C1(C)CCCCCCC(=O)O. The van der Waals surface area contributed by atoms with Crippen molar-refractivity contribution < 1.29 is 24.6 Å². The quantitative estimate of drug-likeness (QED) is 0.322. The van der Waals surface area contributed by atoms with Crippen molar-refractivity contribution in [2.75, 3.05) is 6.54 Å². The average molecular weight is 370 g/mol. The first-order chi connectivity index (χ1) is 12.3. The Hall–Kier alpha value is -1.63. The van der Waals surface area contributed by atoms with Crippen molar-refractivity contribution >= 4 is 17.9 Å². The molecule has 3 N–H and O–H groups in total. The van der Waals surface area contributed by atoms with Crippen molar-refractivity contribution in [3.63, 3.8) is 0 Å². The first-order valence-electron chi connectivity index (χ1n) is 9.84. The second-order valence-corrected chi connectivity index (χ2v) is 7.43. The van der Waals surface area contributed by atoms with Crippen LogP contribution in [0.2, 0.25) is 0 Å². The smallest absolute Gasteiger partial charge is 0.325 e. The number of aliphatic hydroxyl groups excluding tert-OH is 1. The van der Waals surface area contributed by atoms with Gasteiger partial charge < -0.3 is 15.1 Å². The molecule has 1 fully saturated rings. The zero-order valence-corrected chi connectivity index (χ0v) is 16.1. The third-order valence-corrected chi connectivity index (χ3v) is 5.18. The number of aliphatic hydroxyl groups is 1. The van der Waals surface area contributed by atoms with Gasteiger partial charge >= 0.3 is 12.0 Å². The summed E-state index contributed by atoms with van der Waals surface area (Å²) in [5.74, 6) is -1.07. The van der Waals surface area contributed by atoms with E-state index in [0.29, 0.717) is 25.8 Å². The van der Waals surface area contributed by atoms with Gasteiger partial charge in [-0.15, -0.1) is 0 Å². The van der Waals surface area contributed by atoms with E-state index >= 15 is 0 Å². The van der Waals surface area contributed by atoms with Crippen molar-refractivity contribution in [2.45, 2.75) is 96.1 Å². The summed E-state index contributed by atoms with van der Waals surface area (Å²) >= 11 is 0. The monoisotopic (exact) mass is 370 g/mol. The lowest BCUT2D eigenvalue weighted by Gasteiger charge is -2.32. The van der Waals surface area contributed by atoms with Crippen LogP contribution in [0.5, 0.6) is 0 Å². The molecule has 7 nitrogen and oxygen atoms in total. The number of hydrogen-bond acceptors (Lipinski definition) is 4. The van der Waals surface area contributed by atoms with Crippen LogP contribution < -0.4 is 5.32 Å². The van der Waals surface area contributed by atoms with Gasteiger partial charge in [0.1, 0.15) is 5.54 Å². The molecule has 0 aliphatic carbocycles. The van der Waals surface area contributed by atoms with Gasteiger partial charge in [-0.05, 0) is 32.6 Å². The van der Waals surface area contributed by atoms with E-state index < -0.39 is 17.6 Å². The number of carbonyl (C=O) groups excluding carboxylic acids is 2. The molecule has 1 aliphatic rings. The Balaban J connectivity index is 2.45. The number of rotatable bonds is 14. The van der Waals surface area contributed by atoms with Crippen molar-refractivity contribution in [3.8, 4) is 0 Å². The molecule has 26 heavy (non-hydrogen) atoms. The highest BCUT2D eigenvalue weighted by Crippen LogP contribution is 2.28. The minimum atomic E-state index is -0.882. The molecular weight excluding hydrogens is 336 g/mol. The van der Waals surface area contributed by atoms with Gasteiger partial charge in [-0.3, -0.25) is 14.9 Å². The van der Waals surface area contributed by atoms with Gasteiger partial charge in [-0.1, -0.05) is 45.4 Å². The first-order valence-corrected chi connectivity index (χ1v) is 9.84. The fraction of sp³-hybridized carbons (Fsp3) is 0.842. The molecule has 0 aromatic heterocycles. The summed E-state index contributed by atoms with van der Waals surface area (Å²) in [5, 5.41) is 21.1. The molecule has 0 radical (unpaired) electrons. The van der Waals surface area contributed by atoms with Crippen LogP contribution in [0.4, 0.5) is 4.79 Å². The van der Waals surface area contributed by atoms with Crippen LogP contribution in [-0.4, -0.2) is 51.2 Å². The van der Waals surface area contributed by atoms with Gasteiger partial charge in [0.2, 0.25) is 0 Å². The molecule has 0 spiro atoms. The Kier molecular flexibility index (Phi) is 9.62. The second-order valence-electron chi connectivity index (χ2n) is 7.43. The molecule has 1 aliphatic heterocycles. The molecule has 1 heterocycles. The van der Waals surface area contributed by atoms with E-state index in [1.54, 1.807) is 11.8 Å². The highest BCUT2D eigenvalue weighted by Gasteiger charge is 2.48. The number of carbonyl (C=O) groups is 3. The maximum atomic E-state index is 12.3. The number of aliphatic carboxylic acids is 1. The number of imide groups is 1. The fourth-order valence-corrected chi connectivity index (χ4v) is 3.39. The Labute approximate surface area is 156 Å². The predicted molar refractivity (Wildman–Crippen MR) is 98.8 cm³/mol. The summed E-state index contributed by atoms with van der Waals surface area (Å²) in [4.78, 5) is 36.5. The van der Waals surface area contributed by atoms with Gasteiger partial charge in [0.25, 0.3) is 5.91 Å². The lowest BCUT2D eigenvalue weighted by molar-refractivity contribution is -0.137. The molecule has 7 heteroatoms. The first kappa shape index (κ1) is 22.4. The highest BCUT2D eigenvalue weighted by atomic mass is 16.4. The lowest BCUT2D eigenvalue weighted by Crippen LogP contribution is -2.48. The lowest BCUT2D eigenvalue weighted by atomic mass is 9.92. The van der Waals surface area contributed by atoms with Crippen LogP contribution in [-0.2, 0) is 9.59 Å². The molecular formula is C19H34N2O5. The molecule has 2 atom stereocenters. The van der Waals surface area contributed by atoms with Gasteiger partial charge in [-0.25, -0.2) is 4.79 Å². The van der Waals surface area contributed by atoms with Crippen molar-refractivity contribution in [1.29, 1.82) is 0 Å². The van der Waals surface area contributed by atoms with E-state index in [0.717, 1.165) is 44.9 Å². The molecule has 0 saturated carbocycles. The summed E-state index contributed by atoms with van der Waals surface area (Å²) in [7, 11) is 0. The molecule has 0 aromatic rings. The van der Waals surface area contributed by atoms with E-state index in [1.165, 1.54) is 0 Å². The highest BCUT2D eigenvalue weighted by molar-refractivity contribution is 6.06. The number of carboxylic acid groups (broad SMARTS) is 1. The molecule has 3 amide bonds. The Morgan fingerprint density at radius 1 is 1.12 bits per heavy atom. The van der Waals surface area contributed by atoms with E-state index in [1.807, 2.05) is 0 Å². The molecule has 1 rings (SSSR count). The van der Waals surface area contributed by atoms with E-state index in [2.05, 4.69) is 12.2 Å². The summed E-state index contributed by atoms with van der Waals surface area (Å²) in [5.41, 5.74) is -0.882. The maximum absolute atomic E-state index is 12.3. The Bertz CT molecular complexity index is 483. The third kappa shape index (κ3) is 6.94. The van der Waals surface area contributed by atoms with Crippen LogP contribution in [0.3, 0.4) is 0 Å². The predicted octanol–water partition coefficient (Wildman–Crippen LogP) is 3.05. The van der Waals surface area contributed by atoms with Gasteiger partial charge in [0.15, 0.2) is 0 Å². The number of nitrogens with zero attached hydrogens (tertiary/aromatic N) is 1. The third-order valence-electron chi connectivity index (χ3n) is 5.18. The van der Waals surface area contributed by atoms with Crippen molar-refractivity contribution in [2.24, 2.45) is 0 Å². The maximum Gasteiger partial charge on any atom is 0.325 e. The Morgan fingerprint density at radius 3 is 2.46 bits per heavy atom. The number of amides is 3. The summed E-state index contributed by atoms with van der Waals surface area (Å²) in [6, 6.07) is -0.385. The molecule has 2 unspecified atom stereocenters. The van der Waals surface area contributed by atoms with Crippen LogP contribution in [0, 0.1) is 0 Å². The second kappa shape index (κ2) is 11.2. The van der Waals surface area contributed by atoms with Crippen LogP contribution in [0.1, 0.15) is 84.5 Å². The minimum Gasteiger partial charge on any atom is -0.481 e. The fourth-order valence-electron chi connectivity index (χ4n) is 3.39. The number of hydrogen-bond donors (Lipinski definition) is 3. The van der Waals surface area contributed by atoms with Crippen LogP contribution >= 0.6 is 0 Å². The van der Waals surface area contributed by atoms with Crippen molar-refractivity contribution in [3.05, 3.63) is 0 Å². The van der Waals surface area contributed by atoms with Gasteiger partial charge in [0.05, 0.1) is 6.10 Å². The summed E-state index contributed by atoms with van der Waals surface area (Å²) in [6.07, 6.45) is 7.61. The normalized spacial score (nSPS) is 21.1. The van der Waals surface area contributed by atoms with E-state index in [9.17, 15) is 19.5 Å². The zero-order valence-electron chi connectivity index (χ0n) is 16.1. The van der Waals surface area contributed by atoms with E-state index in [-0.39, 0.29) is 18.4 Å². The number of nitrogens with one attached hydrogen (secondary N) is 1. The minimum absolute atomic E-state index is 0.165. The summed E-state index contributed by atoms with van der Waals surface area (Å²) in [6.45, 7) is 4.24. The van der Waals surface area contributed by atoms with E-state index in [4.69, 9.17) is 5.11 Å². The topological polar surface area (TPSA) is 107 Å². The largest absolute Gasteiger partial charge is 0.481 e. The van der Waals surface area contributed by atoms with Crippen LogP contribution in [0.15, 0.2) is 0 Å². The van der Waals surface area contributed by atoms with Crippen molar-refractivity contribution in [1.82, 2.24) is 10.2 Å². The molecule has 1 saturated heterocycles. The Morgan fingerprint density at radius 2 is 1.81 bits per heavy atom.